The van der Waals surface area contributed by atoms with Crippen LogP contribution in [0.4, 0.5) is 0 Å². The van der Waals surface area contributed by atoms with Crippen molar-refractivity contribution in [2.45, 2.75) is 6.92 Å². The number of aryl methyl sites for hydroxylation is 1. The third-order valence-corrected chi connectivity index (χ3v) is 3.42. The van der Waals surface area contributed by atoms with E-state index >= 15 is 0 Å². The standard InChI is InChI=1S/C20H15N3O/c1-15-11-16(4-7-18-8-5-17(12-21)13-23-18)6-9-20(15)24-19-3-2-10-22-14-19/h2-11,13-14H,1H3/b7-4+. The molecule has 0 fully saturated rings. The van der Waals surface area contributed by atoms with Gasteiger partial charge in [-0.3, -0.25) is 9.97 Å². The summed E-state index contributed by atoms with van der Waals surface area (Å²) in [5.41, 5.74) is 3.45. The predicted octanol–water partition coefficient (Wildman–Crippen LogP) is 4.62. The monoisotopic (exact) mass is 313 g/mol. The Bertz CT molecular complexity index is 894. The molecule has 0 spiro atoms. The summed E-state index contributed by atoms with van der Waals surface area (Å²) in [4.78, 5) is 8.26. The van der Waals surface area contributed by atoms with E-state index in [0.717, 1.165) is 22.6 Å². The van der Waals surface area contributed by atoms with Crippen LogP contribution in [0.25, 0.3) is 12.2 Å². The lowest BCUT2D eigenvalue weighted by Gasteiger charge is -2.08. The molecule has 0 radical (unpaired) electrons. The lowest BCUT2D eigenvalue weighted by atomic mass is 10.1. The highest BCUT2D eigenvalue weighted by Crippen LogP contribution is 2.25. The van der Waals surface area contributed by atoms with Crippen molar-refractivity contribution in [2.75, 3.05) is 0 Å². The van der Waals surface area contributed by atoms with E-state index in [0.29, 0.717) is 11.3 Å². The van der Waals surface area contributed by atoms with Crippen LogP contribution < -0.4 is 4.74 Å². The van der Waals surface area contributed by atoms with Gasteiger partial charge in [-0.1, -0.05) is 12.1 Å². The van der Waals surface area contributed by atoms with Gasteiger partial charge in [0.15, 0.2) is 0 Å². The van der Waals surface area contributed by atoms with Crippen LogP contribution in [0.15, 0.2) is 61.1 Å². The van der Waals surface area contributed by atoms with E-state index in [9.17, 15) is 0 Å². The summed E-state index contributed by atoms with van der Waals surface area (Å²) in [6.07, 6.45) is 8.86. The van der Waals surface area contributed by atoms with Gasteiger partial charge >= 0.3 is 0 Å². The van der Waals surface area contributed by atoms with E-state index in [2.05, 4.69) is 16.0 Å². The lowest BCUT2D eigenvalue weighted by molar-refractivity contribution is 0.476. The van der Waals surface area contributed by atoms with Crippen molar-refractivity contribution >= 4 is 12.2 Å². The molecular weight excluding hydrogens is 298 g/mol. The summed E-state index contributed by atoms with van der Waals surface area (Å²) < 4.78 is 5.82. The fourth-order valence-electron chi connectivity index (χ4n) is 2.18. The van der Waals surface area contributed by atoms with Crippen LogP contribution in [-0.4, -0.2) is 9.97 Å². The zero-order valence-corrected chi connectivity index (χ0v) is 13.2. The third kappa shape index (κ3) is 3.84. The maximum Gasteiger partial charge on any atom is 0.145 e. The summed E-state index contributed by atoms with van der Waals surface area (Å²) in [7, 11) is 0. The number of hydrogen-bond donors (Lipinski definition) is 0. The largest absolute Gasteiger partial charge is 0.455 e. The maximum absolute atomic E-state index is 8.77. The van der Waals surface area contributed by atoms with Gasteiger partial charge < -0.3 is 4.74 Å². The predicted molar refractivity (Wildman–Crippen MR) is 93.4 cm³/mol. The van der Waals surface area contributed by atoms with Crippen LogP contribution in [0.1, 0.15) is 22.4 Å². The number of ether oxygens (including phenoxy) is 1. The molecule has 116 valence electrons. The second-order valence-electron chi connectivity index (χ2n) is 5.23. The van der Waals surface area contributed by atoms with E-state index in [1.54, 1.807) is 24.7 Å². The molecule has 3 rings (SSSR count). The van der Waals surface area contributed by atoms with Crippen molar-refractivity contribution in [1.82, 2.24) is 9.97 Å². The van der Waals surface area contributed by atoms with Crippen LogP contribution in [-0.2, 0) is 0 Å². The lowest BCUT2D eigenvalue weighted by Crippen LogP contribution is -1.88. The van der Waals surface area contributed by atoms with Gasteiger partial charge in [0.25, 0.3) is 0 Å². The molecule has 0 amide bonds. The number of benzene rings is 1. The number of rotatable bonds is 4. The molecule has 0 N–H and O–H groups in total. The molecule has 0 aliphatic heterocycles. The first kappa shape index (κ1) is 15.4. The van der Waals surface area contributed by atoms with E-state index in [1.165, 1.54) is 0 Å². The van der Waals surface area contributed by atoms with Crippen molar-refractivity contribution < 1.29 is 4.74 Å². The smallest absolute Gasteiger partial charge is 0.145 e. The minimum atomic E-state index is 0.555. The van der Waals surface area contributed by atoms with Gasteiger partial charge in [0.1, 0.15) is 17.6 Å². The highest BCUT2D eigenvalue weighted by atomic mass is 16.5. The van der Waals surface area contributed by atoms with Crippen molar-refractivity contribution in [3.63, 3.8) is 0 Å². The molecule has 4 nitrogen and oxygen atoms in total. The molecule has 24 heavy (non-hydrogen) atoms. The first-order chi connectivity index (χ1) is 11.7. The second-order valence-corrected chi connectivity index (χ2v) is 5.23. The average molecular weight is 313 g/mol. The Balaban J connectivity index is 1.74. The Morgan fingerprint density at radius 2 is 2.00 bits per heavy atom. The Morgan fingerprint density at radius 1 is 1.08 bits per heavy atom. The summed E-state index contributed by atoms with van der Waals surface area (Å²) in [6.45, 7) is 2.00. The molecule has 2 heterocycles. The van der Waals surface area contributed by atoms with Gasteiger partial charge in [0.2, 0.25) is 0 Å². The summed E-state index contributed by atoms with van der Waals surface area (Å²) in [5, 5.41) is 8.77. The van der Waals surface area contributed by atoms with E-state index < -0.39 is 0 Å². The highest BCUT2D eigenvalue weighted by Gasteiger charge is 2.02. The van der Waals surface area contributed by atoms with Gasteiger partial charge in [0, 0.05) is 12.4 Å². The molecule has 4 heteroatoms. The van der Waals surface area contributed by atoms with Crippen molar-refractivity contribution in [3.05, 3.63) is 83.4 Å². The first-order valence-corrected chi connectivity index (χ1v) is 7.47. The molecule has 0 atom stereocenters. The van der Waals surface area contributed by atoms with E-state index in [1.807, 2.05) is 55.5 Å². The molecular formula is C20H15N3O. The van der Waals surface area contributed by atoms with Gasteiger partial charge in [-0.05, 0) is 60.5 Å². The number of aromatic nitrogens is 2. The molecule has 0 saturated carbocycles. The van der Waals surface area contributed by atoms with Gasteiger partial charge in [-0.15, -0.1) is 0 Å². The van der Waals surface area contributed by atoms with Crippen molar-refractivity contribution in [1.29, 1.82) is 5.26 Å². The van der Waals surface area contributed by atoms with Crippen molar-refractivity contribution in [3.8, 4) is 17.6 Å². The van der Waals surface area contributed by atoms with Crippen LogP contribution in [0.2, 0.25) is 0 Å². The number of nitrogens with zero attached hydrogens (tertiary/aromatic N) is 3. The molecule has 0 saturated heterocycles. The number of hydrogen-bond acceptors (Lipinski definition) is 4. The fourth-order valence-corrected chi connectivity index (χ4v) is 2.18. The first-order valence-electron chi connectivity index (χ1n) is 7.47. The SMILES string of the molecule is Cc1cc(/C=C/c2ccc(C#N)cn2)ccc1Oc1cccnc1. The second kappa shape index (κ2) is 7.21. The topological polar surface area (TPSA) is 58.8 Å². The third-order valence-electron chi connectivity index (χ3n) is 3.42. The van der Waals surface area contributed by atoms with Crippen LogP contribution in [0.5, 0.6) is 11.5 Å². The summed E-state index contributed by atoms with van der Waals surface area (Å²) >= 11 is 0. The molecule has 3 aromatic rings. The quantitative estimate of drug-likeness (QED) is 0.705. The van der Waals surface area contributed by atoms with Crippen molar-refractivity contribution in [2.24, 2.45) is 0 Å². The molecule has 0 aliphatic rings. The number of pyridine rings is 2. The Morgan fingerprint density at radius 3 is 2.67 bits per heavy atom. The fraction of sp³-hybridized carbons (Fsp3) is 0.0500. The molecule has 1 aromatic carbocycles. The Hall–Kier alpha value is -3.45. The minimum Gasteiger partial charge on any atom is -0.455 e. The van der Waals surface area contributed by atoms with Crippen LogP contribution in [0, 0.1) is 18.3 Å². The zero-order chi connectivity index (χ0) is 16.8. The average Bonchev–Trinajstić information content (AvgIpc) is 2.63. The van der Waals surface area contributed by atoms with Gasteiger partial charge in [0.05, 0.1) is 17.5 Å². The molecule has 0 bridgehead atoms. The maximum atomic E-state index is 8.77. The highest BCUT2D eigenvalue weighted by molar-refractivity contribution is 5.69. The minimum absolute atomic E-state index is 0.555. The normalized spacial score (nSPS) is 10.5. The Kier molecular flexibility index (Phi) is 4.64. The summed E-state index contributed by atoms with van der Waals surface area (Å²) in [5.74, 6) is 1.52. The van der Waals surface area contributed by atoms with Gasteiger partial charge in [-0.25, -0.2) is 0 Å². The molecule has 0 aliphatic carbocycles. The number of nitriles is 1. The van der Waals surface area contributed by atoms with E-state index in [-0.39, 0.29) is 0 Å². The Labute approximate surface area is 140 Å². The van der Waals surface area contributed by atoms with Gasteiger partial charge in [-0.2, -0.15) is 5.26 Å². The zero-order valence-electron chi connectivity index (χ0n) is 13.2. The summed E-state index contributed by atoms with van der Waals surface area (Å²) in [6, 6.07) is 15.3. The van der Waals surface area contributed by atoms with Crippen LogP contribution in [0.3, 0.4) is 0 Å². The van der Waals surface area contributed by atoms with Crippen LogP contribution >= 0.6 is 0 Å². The molecule has 2 aromatic heterocycles. The van der Waals surface area contributed by atoms with E-state index in [4.69, 9.17) is 10.00 Å². The molecule has 0 unspecified atom stereocenters.